The first-order valence-electron chi connectivity index (χ1n) is 7.21. The lowest BCUT2D eigenvalue weighted by atomic mass is 9.83. The van der Waals surface area contributed by atoms with Crippen molar-refractivity contribution in [3.63, 3.8) is 0 Å². The van der Waals surface area contributed by atoms with E-state index < -0.39 is 0 Å². The fourth-order valence-electron chi connectivity index (χ4n) is 2.15. The second-order valence-electron chi connectivity index (χ2n) is 7.52. The van der Waals surface area contributed by atoms with Crippen LogP contribution in [-0.2, 0) is 0 Å². The van der Waals surface area contributed by atoms with Crippen LogP contribution in [0.4, 0.5) is 0 Å². The van der Waals surface area contributed by atoms with E-state index in [9.17, 15) is 0 Å². The lowest BCUT2D eigenvalue weighted by Crippen LogP contribution is -2.50. The molecule has 1 rings (SSSR count). The van der Waals surface area contributed by atoms with Crippen molar-refractivity contribution in [1.82, 2.24) is 5.32 Å². The number of hydrogen-bond acceptors (Lipinski definition) is 2. The Bertz CT molecular complexity index is 228. The number of nitrogens with two attached hydrogens (primary N) is 1. The van der Waals surface area contributed by atoms with Gasteiger partial charge in [0.2, 0.25) is 0 Å². The Morgan fingerprint density at radius 3 is 2.18 bits per heavy atom. The Morgan fingerprint density at radius 1 is 1.18 bits per heavy atom. The minimum absolute atomic E-state index is 0.121. The highest BCUT2D eigenvalue weighted by Gasteiger charge is 2.30. The Balaban J connectivity index is 2.32. The summed E-state index contributed by atoms with van der Waals surface area (Å²) in [5, 5.41) is 3.71. The van der Waals surface area contributed by atoms with Crippen LogP contribution in [0.2, 0.25) is 0 Å². The van der Waals surface area contributed by atoms with Crippen LogP contribution < -0.4 is 11.1 Å². The fourth-order valence-corrected chi connectivity index (χ4v) is 2.15. The van der Waals surface area contributed by atoms with Gasteiger partial charge in [0.15, 0.2) is 0 Å². The van der Waals surface area contributed by atoms with Crippen LogP contribution in [-0.4, -0.2) is 18.6 Å². The summed E-state index contributed by atoms with van der Waals surface area (Å²) in [6.07, 6.45) is 5.27. The van der Waals surface area contributed by atoms with Crippen molar-refractivity contribution in [1.29, 1.82) is 0 Å². The fraction of sp³-hybridized carbons (Fsp3) is 1.00. The summed E-state index contributed by atoms with van der Waals surface area (Å²) in [5.74, 6) is 1.79. The number of nitrogens with one attached hydrogen (secondary N) is 1. The Hall–Kier alpha value is -0.0800. The maximum absolute atomic E-state index is 5.95. The van der Waals surface area contributed by atoms with Gasteiger partial charge in [-0.3, -0.25) is 0 Å². The highest BCUT2D eigenvalue weighted by Crippen LogP contribution is 2.36. The maximum Gasteiger partial charge on any atom is 0.0276 e. The molecular weight excluding hydrogens is 208 g/mol. The molecule has 0 heterocycles. The molecule has 2 heteroatoms. The van der Waals surface area contributed by atoms with Gasteiger partial charge in [-0.25, -0.2) is 0 Å². The smallest absolute Gasteiger partial charge is 0.0276 e. The normalized spacial score (nSPS) is 22.2. The molecule has 0 bridgehead atoms. The van der Waals surface area contributed by atoms with Crippen LogP contribution in [0.1, 0.15) is 60.3 Å². The Kier molecular flexibility index (Phi) is 5.03. The van der Waals surface area contributed by atoms with Crippen LogP contribution in [0.3, 0.4) is 0 Å². The van der Waals surface area contributed by atoms with Gasteiger partial charge in [-0.15, -0.1) is 0 Å². The lowest BCUT2D eigenvalue weighted by Gasteiger charge is -2.33. The summed E-state index contributed by atoms with van der Waals surface area (Å²) < 4.78 is 0. The average Bonchev–Trinajstić information content (AvgIpc) is 3.06. The molecule has 3 N–H and O–H groups in total. The SMILES string of the molecule is CC(CNC(C)(CN)CCC(C)(C)C)C1CC1. The van der Waals surface area contributed by atoms with Crippen molar-refractivity contribution < 1.29 is 0 Å². The van der Waals surface area contributed by atoms with Gasteiger partial charge in [-0.1, -0.05) is 27.7 Å². The summed E-state index contributed by atoms with van der Waals surface area (Å²) in [5.41, 5.74) is 6.48. The summed E-state index contributed by atoms with van der Waals surface area (Å²) in [6.45, 7) is 13.4. The second kappa shape index (κ2) is 5.71. The van der Waals surface area contributed by atoms with E-state index in [0.29, 0.717) is 5.41 Å². The quantitative estimate of drug-likeness (QED) is 0.717. The number of rotatable bonds is 7. The van der Waals surface area contributed by atoms with Crippen LogP contribution >= 0.6 is 0 Å². The van der Waals surface area contributed by atoms with E-state index >= 15 is 0 Å². The monoisotopic (exact) mass is 240 g/mol. The van der Waals surface area contributed by atoms with Gasteiger partial charge >= 0.3 is 0 Å². The van der Waals surface area contributed by atoms with E-state index in [1.165, 1.54) is 25.7 Å². The minimum Gasteiger partial charge on any atom is -0.329 e. The van der Waals surface area contributed by atoms with Crippen LogP contribution in [0.5, 0.6) is 0 Å². The first-order chi connectivity index (χ1) is 7.76. The zero-order chi connectivity index (χ0) is 13.1. The predicted octanol–water partition coefficient (Wildman–Crippen LogP) is 3.17. The molecule has 102 valence electrons. The van der Waals surface area contributed by atoms with Crippen LogP contribution in [0, 0.1) is 17.3 Å². The first-order valence-corrected chi connectivity index (χ1v) is 7.21. The zero-order valence-corrected chi connectivity index (χ0v) is 12.5. The first kappa shape index (κ1) is 15.0. The largest absolute Gasteiger partial charge is 0.329 e. The number of hydrogen-bond donors (Lipinski definition) is 2. The summed E-state index contributed by atoms with van der Waals surface area (Å²) in [6, 6.07) is 0. The zero-order valence-electron chi connectivity index (χ0n) is 12.5. The molecule has 0 aromatic rings. The molecule has 1 fully saturated rings. The van der Waals surface area contributed by atoms with Crippen LogP contribution in [0.25, 0.3) is 0 Å². The molecule has 2 nitrogen and oxygen atoms in total. The topological polar surface area (TPSA) is 38.0 Å². The molecule has 2 atom stereocenters. The minimum atomic E-state index is 0.121. The van der Waals surface area contributed by atoms with Gasteiger partial charge < -0.3 is 11.1 Å². The van der Waals surface area contributed by atoms with Crippen molar-refractivity contribution in [3.05, 3.63) is 0 Å². The second-order valence-corrected chi connectivity index (χ2v) is 7.52. The van der Waals surface area contributed by atoms with Gasteiger partial charge in [-0.05, 0) is 56.4 Å². The van der Waals surface area contributed by atoms with E-state index in [4.69, 9.17) is 5.73 Å². The highest BCUT2D eigenvalue weighted by molar-refractivity contribution is 4.88. The molecule has 0 spiro atoms. The molecule has 0 amide bonds. The molecule has 2 unspecified atom stereocenters. The average molecular weight is 240 g/mol. The van der Waals surface area contributed by atoms with E-state index in [2.05, 4.69) is 39.9 Å². The highest BCUT2D eigenvalue weighted by atomic mass is 15.0. The van der Waals surface area contributed by atoms with Crippen molar-refractivity contribution in [2.75, 3.05) is 13.1 Å². The van der Waals surface area contributed by atoms with Crippen LogP contribution in [0.15, 0.2) is 0 Å². The molecule has 1 aliphatic carbocycles. The Morgan fingerprint density at radius 2 is 1.76 bits per heavy atom. The molecule has 1 aliphatic rings. The lowest BCUT2D eigenvalue weighted by molar-refractivity contribution is 0.254. The van der Waals surface area contributed by atoms with E-state index in [-0.39, 0.29) is 5.54 Å². The summed E-state index contributed by atoms with van der Waals surface area (Å²) in [7, 11) is 0. The summed E-state index contributed by atoms with van der Waals surface area (Å²) in [4.78, 5) is 0. The van der Waals surface area contributed by atoms with Gasteiger partial charge in [0.25, 0.3) is 0 Å². The van der Waals surface area contributed by atoms with Crippen molar-refractivity contribution in [3.8, 4) is 0 Å². The molecule has 0 radical (unpaired) electrons. The molecule has 1 saturated carbocycles. The molecule has 0 aromatic carbocycles. The van der Waals surface area contributed by atoms with E-state index in [1.807, 2.05) is 0 Å². The van der Waals surface area contributed by atoms with Gasteiger partial charge in [0.05, 0.1) is 0 Å². The molecular formula is C15H32N2. The third kappa shape index (κ3) is 5.87. The Labute approximate surface area is 108 Å². The van der Waals surface area contributed by atoms with Gasteiger partial charge in [0, 0.05) is 12.1 Å². The summed E-state index contributed by atoms with van der Waals surface area (Å²) >= 11 is 0. The maximum atomic E-state index is 5.95. The molecule has 0 aliphatic heterocycles. The third-order valence-corrected chi connectivity index (χ3v) is 4.15. The van der Waals surface area contributed by atoms with Gasteiger partial charge in [0.1, 0.15) is 0 Å². The third-order valence-electron chi connectivity index (χ3n) is 4.15. The predicted molar refractivity (Wildman–Crippen MR) is 76.0 cm³/mol. The molecule has 0 aromatic heterocycles. The van der Waals surface area contributed by atoms with Crippen molar-refractivity contribution >= 4 is 0 Å². The molecule has 0 saturated heterocycles. The molecule has 17 heavy (non-hydrogen) atoms. The van der Waals surface area contributed by atoms with Crippen molar-refractivity contribution in [2.45, 2.75) is 65.8 Å². The van der Waals surface area contributed by atoms with Crippen molar-refractivity contribution in [2.24, 2.45) is 23.0 Å². The van der Waals surface area contributed by atoms with Gasteiger partial charge in [-0.2, -0.15) is 0 Å². The van der Waals surface area contributed by atoms with E-state index in [1.54, 1.807) is 0 Å². The standard InChI is InChI=1S/C15H32N2/c1-12(13-6-7-13)10-17-15(5,11-16)9-8-14(2,3)4/h12-13,17H,6-11,16H2,1-5H3. The van der Waals surface area contributed by atoms with E-state index in [0.717, 1.165) is 24.9 Å².